The van der Waals surface area contributed by atoms with E-state index in [1.54, 1.807) is 0 Å². The molecule has 0 amide bonds. The van der Waals surface area contributed by atoms with Gasteiger partial charge >= 0.3 is 0 Å². The highest BCUT2D eigenvalue weighted by Gasteiger charge is 2.33. The second-order valence-electron chi connectivity index (χ2n) is 5.56. The molecule has 0 spiro atoms. The van der Waals surface area contributed by atoms with Crippen LogP contribution in [0.2, 0.25) is 0 Å². The molecule has 0 unspecified atom stereocenters. The monoisotopic (exact) mass is 323 g/mol. The van der Waals surface area contributed by atoms with E-state index in [2.05, 4.69) is 21.2 Å². The predicted octanol–water partition coefficient (Wildman–Crippen LogP) is 2.79. The van der Waals surface area contributed by atoms with Gasteiger partial charge in [0.2, 0.25) is 0 Å². The average Bonchev–Trinajstić information content (AvgIpc) is 3.09. The summed E-state index contributed by atoms with van der Waals surface area (Å²) < 4.78 is 13.0. The summed E-state index contributed by atoms with van der Waals surface area (Å²) >= 11 is 3.72. The Kier molecular flexibility index (Phi) is 2.96. The minimum Gasteiger partial charge on any atom is -0.493 e. The van der Waals surface area contributed by atoms with Crippen LogP contribution < -0.4 is 14.8 Å². The first-order valence-electron chi connectivity index (χ1n) is 7.19. The molecule has 0 aliphatic carbocycles. The lowest BCUT2D eigenvalue weighted by atomic mass is 9.84. The van der Waals surface area contributed by atoms with Crippen LogP contribution in [0.5, 0.6) is 11.5 Å². The fourth-order valence-electron chi connectivity index (χ4n) is 3.63. The number of halogens is 1. The third-order valence-electron chi connectivity index (χ3n) is 4.53. The van der Waals surface area contributed by atoms with Gasteiger partial charge in [0.25, 0.3) is 0 Å². The molecule has 3 nitrogen and oxygen atoms in total. The Morgan fingerprint density at radius 2 is 1.63 bits per heavy atom. The van der Waals surface area contributed by atoms with Crippen molar-refractivity contribution >= 4 is 15.9 Å². The van der Waals surface area contributed by atoms with Gasteiger partial charge in [-0.15, -0.1) is 0 Å². The number of benzene rings is 1. The Hall–Kier alpha value is -0.740. The Morgan fingerprint density at radius 1 is 0.947 bits per heavy atom. The third-order valence-corrected chi connectivity index (χ3v) is 5.37. The molecule has 4 heteroatoms. The number of ether oxygens (including phenoxy) is 2. The number of hydrogen-bond donors (Lipinski definition) is 1. The number of nitrogens with one attached hydrogen (secondary N) is 1. The topological polar surface area (TPSA) is 30.5 Å². The molecule has 1 saturated heterocycles. The minimum atomic E-state index is 0.636. The van der Waals surface area contributed by atoms with Crippen molar-refractivity contribution in [3.8, 4) is 11.5 Å². The lowest BCUT2D eigenvalue weighted by molar-refractivity contribution is 0.345. The zero-order chi connectivity index (χ0) is 12.8. The molecule has 1 fully saturated rings. The summed E-state index contributed by atoms with van der Waals surface area (Å²) in [6.07, 6.45) is 4.46. The van der Waals surface area contributed by atoms with E-state index >= 15 is 0 Å². The molecule has 3 heterocycles. The molecular formula is C15H18BrNO2. The number of hydrogen-bond acceptors (Lipinski definition) is 3. The van der Waals surface area contributed by atoms with Crippen molar-refractivity contribution < 1.29 is 9.47 Å². The van der Waals surface area contributed by atoms with E-state index in [0.29, 0.717) is 5.92 Å². The van der Waals surface area contributed by atoms with Crippen LogP contribution in [0, 0.1) is 0 Å². The smallest absolute Gasteiger partial charge is 0.137 e. The second-order valence-corrected chi connectivity index (χ2v) is 6.36. The average molecular weight is 324 g/mol. The molecule has 0 saturated carbocycles. The van der Waals surface area contributed by atoms with Gasteiger partial charge in [-0.25, -0.2) is 0 Å². The Bertz CT molecular complexity index is 488. The zero-order valence-corrected chi connectivity index (χ0v) is 12.5. The molecule has 102 valence electrons. The summed E-state index contributed by atoms with van der Waals surface area (Å²) in [5.41, 5.74) is 4.19. The van der Waals surface area contributed by atoms with Gasteiger partial charge in [-0.05, 0) is 47.8 Å². The summed E-state index contributed by atoms with van der Waals surface area (Å²) in [6.45, 7) is 3.86. The first-order chi connectivity index (χ1) is 9.36. The van der Waals surface area contributed by atoms with E-state index < -0.39 is 0 Å². The molecule has 19 heavy (non-hydrogen) atoms. The highest BCUT2D eigenvalue weighted by molar-refractivity contribution is 9.10. The lowest BCUT2D eigenvalue weighted by Crippen LogP contribution is -2.27. The molecule has 3 aliphatic heterocycles. The molecule has 0 atom stereocenters. The van der Waals surface area contributed by atoms with Crippen molar-refractivity contribution in [1.29, 1.82) is 0 Å². The van der Waals surface area contributed by atoms with Crippen LogP contribution in [-0.4, -0.2) is 26.3 Å². The molecule has 4 rings (SSSR count). The normalized spacial score (nSPS) is 21.7. The Balaban J connectivity index is 1.89. The largest absolute Gasteiger partial charge is 0.493 e. The summed E-state index contributed by atoms with van der Waals surface area (Å²) in [6, 6.07) is 0. The second kappa shape index (κ2) is 4.67. The van der Waals surface area contributed by atoms with Crippen molar-refractivity contribution in [2.75, 3.05) is 26.3 Å². The molecule has 0 aromatic heterocycles. The summed E-state index contributed by atoms with van der Waals surface area (Å²) in [5, 5.41) is 3.45. The van der Waals surface area contributed by atoms with E-state index in [4.69, 9.17) is 9.47 Å². The summed E-state index contributed by atoms with van der Waals surface area (Å²) in [5.74, 6) is 2.90. The van der Waals surface area contributed by atoms with Gasteiger partial charge in [0.15, 0.2) is 0 Å². The maximum atomic E-state index is 5.98. The number of piperidine rings is 1. The van der Waals surface area contributed by atoms with Gasteiger partial charge in [-0.2, -0.15) is 0 Å². The quantitative estimate of drug-likeness (QED) is 0.862. The van der Waals surface area contributed by atoms with E-state index in [1.165, 1.54) is 35.3 Å². The van der Waals surface area contributed by atoms with E-state index in [-0.39, 0.29) is 0 Å². The van der Waals surface area contributed by atoms with Crippen LogP contribution in [0.4, 0.5) is 0 Å². The Labute approximate surface area is 121 Å². The fourth-order valence-corrected chi connectivity index (χ4v) is 4.36. The van der Waals surface area contributed by atoms with Crippen molar-refractivity contribution in [3.05, 3.63) is 21.2 Å². The van der Waals surface area contributed by atoms with Gasteiger partial charge in [0.05, 0.1) is 17.7 Å². The minimum absolute atomic E-state index is 0.636. The van der Waals surface area contributed by atoms with Crippen LogP contribution in [0.25, 0.3) is 0 Å². The van der Waals surface area contributed by atoms with E-state index in [1.807, 2.05) is 0 Å². The van der Waals surface area contributed by atoms with Crippen LogP contribution in [0.1, 0.15) is 35.4 Å². The first-order valence-corrected chi connectivity index (χ1v) is 7.99. The fraction of sp³-hybridized carbons (Fsp3) is 0.600. The van der Waals surface area contributed by atoms with Gasteiger partial charge in [-0.1, -0.05) is 0 Å². The maximum absolute atomic E-state index is 5.98. The van der Waals surface area contributed by atoms with Gasteiger partial charge in [0.1, 0.15) is 11.5 Å². The first kappa shape index (κ1) is 12.0. The molecule has 3 aliphatic rings. The summed E-state index contributed by atoms with van der Waals surface area (Å²) in [4.78, 5) is 0. The maximum Gasteiger partial charge on any atom is 0.137 e. The molecule has 1 aromatic rings. The predicted molar refractivity (Wildman–Crippen MR) is 77.4 cm³/mol. The third kappa shape index (κ3) is 1.80. The number of rotatable bonds is 1. The highest BCUT2D eigenvalue weighted by Crippen LogP contribution is 2.50. The van der Waals surface area contributed by atoms with Gasteiger partial charge in [-0.3, -0.25) is 0 Å². The molecule has 1 N–H and O–H groups in total. The van der Waals surface area contributed by atoms with Crippen molar-refractivity contribution in [2.45, 2.75) is 31.6 Å². The Morgan fingerprint density at radius 3 is 2.42 bits per heavy atom. The van der Waals surface area contributed by atoms with Crippen LogP contribution in [0.3, 0.4) is 0 Å². The standard InChI is InChI=1S/C15H18BrNO2/c16-13-11-4-8-18-14(11)12(9-1-5-17-6-2-9)10-3-7-19-15(10)13/h9,17H,1-8H2. The van der Waals surface area contributed by atoms with Crippen molar-refractivity contribution in [2.24, 2.45) is 0 Å². The molecular weight excluding hydrogens is 306 g/mol. The van der Waals surface area contributed by atoms with E-state index in [9.17, 15) is 0 Å². The molecule has 0 bridgehead atoms. The SMILES string of the molecule is Brc1c2c(c(C3CCNCC3)c3c1OCC3)OCC2. The van der Waals surface area contributed by atoms with Crippen molar-refractivity contribution in [1.82, 2.24) is 5.32 Å². The zero-order valence-electron chi connectivity index (χ0n) is 10.9. The molecule has 1 aromatic carbocycles. The van der Waals surface area contributed by atoms with Crippen LogP contribution in [-0.2, 0) is 12.8 Å². The van der Waals surface area contributed by atoms with Gasteiger partial charge < -0.3 is 14.8 Å². The molecule has 0 radical (unpaired) electrons. The van der Waals surface area contributed by atoms with E-state index in [0.717, 1.165) is 49.4 Å². The highest BCUT2D eigenvalue weighted by atomic mass is 79.9. The summed E-state index contributed by atoms with van der Waals surface area (Å²) in [7, 11) is 0. The lowest BCUT2D eigenvalue weighted by Gasteiger charge is -2.26. The van der Waals surface area contributed by atoms with Crippen LogP contribution in [0.15, 0.2) is 4.47 Å². The van der Waals surface area contributed by atoms with Crippen LogP contribution >= 0.6 is 15.9 Å². The van der Waals surface area contributed by atoms with Crippen molar-refractivity contribution in [3.63, 3.8) is 0 Å². The number of fused-ring (bicyclic) bond motifs is 2. The van der Waals surface area contributed by atoms with Gasteiger partial charge in [0, 0.05) is 29.5 Å².